The van der Waals surface area contributed by atoms with Crippen molar-refractivity contribution in [1.29, 1.82) is 0 Å². The van der Waals surface area contributed by atoms with E-state index in [1.807, 2.05) is 0 Å². The van der Waals surface area contributed by atoms with E-state index >= 15 is 0 Å². The molecule has 0 aliphatic rings. The number of rotatable bonds is 2. The molecule has 0 fully saturated rings. The van der Waals surface area contributed by atoms with Gasteiger partial charge in [-0.1, -0.05) is 0 Å². The molecule has 0 spiro atoms. The summed E-state index contributed by atoms with van der Waals surface area (Å²) in [6.45, 7) is 1.69. The van der Waals surface area contributed by atoms with E-state index in [0.29, 0.717) is 10.2 Å². The molecule has 0 saturated carbocycles. The van der Waals surface area contributed by atoms with Crippen LogP contribution in [0.1, 0.15) is 16.1 Å². The Hall–Kier alpha value is -2.88. The molecule has 3 rings (SSSR count). The van der Waals surface area contributed by atoms with Gasteiger partial charge in [0.15, 0.2) is 17.2 Å². The lowest BCUT2D eigenvalue weighted by Crippen LogP contribution is -2.13. The molecule has 0 bridgehead atoms. The molecular formula is C13H9BrN4O5. The summed E-state index contributed by atoms with van der Waals surface area (Å²) in [6, 6.07) is 1.94. The predicted octanol–water partition coefficient (Wildman–Crippen LogP) is 1.53. The number of carbonyl (C=O) groups excluding carboxylic acids is 1. The lowest BCUT2D eigenvalue weighted by Gasteiger charge is -2.10. The van der Waals surface area contributed by atoms with Crippen LogP contribution in [0.5, 0.6) is 23.1 Å². The molecule has 2 heterocycles. The van der Waals surface area contributed by atoms with Gasteiger partial charge in [-0.3, -0.25) is 0 Å². The zero-order valence-corrected chi connectivity index (χ0v) is 13.1. The minimum Gasteiger partial charge on any atom is -0.504 e. The first-order valence-electron chi connectivity index (χ1n) is 6.21. The molecule has 0 aliphatic carbocycles. The fourth-order valence-electron chi connectivity index (χ4n) is 1.86. The summed E-state index contributed by atoms with van der Waals surface area (Å²) in [5.74, 6) is -2.60. The smallest absolute Gasteiger partial charge is 0.345 e. The number of hydrogen-bond acceptors (Lipinski definition) is 8. The Kier molecular flexibility index (Phi) is 3.52. The maximum atomic E-state index is 12.2. The van der Waals surface area contributed by atoms with Gasteiger partial charge in [0.05, 0.1) is 11.3 Å². The number of aromatic nitrogens is 4. The number of phenols is 3. The number of halogens is 1. The van der Waals surface area contributed by atoms with Crippen LogP contribution in [0.25, 0.3) is 5.78 Å². The summed E-state index contributed by atoms with van der Waals surface area (Å²) in [4.78, 5) is 20.3. The van der Waals surface area contributed by atoms with E-state index in [1.54, 1.807) is 6.92 Å². The van der Waals surface area contributed by atoms with Gasteiger partial charge in [0, 0.05) is 0 Å². The van der Waals surface area contributed by atoms with Crippen LogP contribution in [0.15, 0.2) is 22.9 Å². The van der Waals surface area contributed by atoms with Gasteiger partial charge in [-0.15, -0.1) is 0 Å². The van der Waals surface area contributed by atoms with E-state index in [4.69, 9.17) is 4.74 Å². The third kappa shape index (κ3) is 2.52. The predicted molar refractivity (Wildman–Crippen MR) is 79.6 cm³/mol. The van der Waals surface area contributed by atoms with Gasteiger partial charge in [-0.2, -0.15) is 14.6 Å². The Balaban J connectivity index is 2.04. The Labute approximate surface area is 136 Å². The molecular weight excluding hydrogens is 372 g/mol. The minimum atomic E-state index is -0.876. The molecule has 23 heavy (non-hydrogen) atoms. The van der Waals surface area contributed by atoms with Crippen molar-refractivity contribution in [2.24, 2.45) is 0 Å². The number of aromatic hydroxyl groups is 3. The largest absolute Gasteiger partial charge is 0.504 e. The quantitative estimate of drug-likeness (QED) is 0.450. The number of esters is 1. The fraction of sp³-hybridized carbons (Fsp3) is 0.0769. The number of benzene rings is 1. The molecule has 2 aromatic heterocycles. The van der Waals surface area contributed by atoms with Crippen LogP contribution in [-0.2, 0) is 0 Å². The average Bonchev–Trinajstić information content (AvgIpc) is 2.96. The van der Waals surface area contributed by atoms with Gasteiger partial charge >= 0.3 is 5.97 Å². The summed E-state index contributed by atoms with van der Waals surface area (Å²) < 4.78 is 6.88. The first-order valence-corrected chi connectivity index (χ1v) is 7.00. The summed E-state index contributed by atoms with van der Waals surface area (Å²) in [6.07, 6.45) is 1.25. The van der Waals surface area contributed by atoms with E-state index in [-0.39, 0.29) is 17.2 Å². The molecule has 3 N–H and O–H groups in total. The van der Waals surface area contributed by atoms with Crippen LogP contribution in [0.2, 0.25) is 0 Å². The highest BCUT2D eigenvalue weighted by Gasteiger charge is 2.20. The van der Waals surface area contributed by atoms with Crippen LogP contribution in [-0.4, -0.2) is 40.9 Å². The SMILES string of the molecule is Cc1nc2ncnn2c(OC(=O)c2cc(O)c(O)c(O)c2)c1Br. The van der Waals surface area contributed by atoms with Gasteiger partial charge in [0.25, 0.3) is 5.78 Å². The lowest BCUT2D eigenvalue weighted by molar-refractivity contribution is 0.0720. The van der Waals surface area contributed by atoms with Gasteiger partial charge in [-0.05, 0) is 35.0 Å². The number of hydrogen-bond donors (Lipinski definition) is 3. The van der Waals surface area contributed by atoms with Crippen molar-refractivity contribution in [3.63, 3.8) is 0 Å². The third-order valence-electron chi connectivity index (χ3n) is 2.99. The molecule has 3 aromatic rings. The van der Waals surface area contributed by atoms with Gasteiger partial charge in [0.1, 0.15) is 10.8 Å². The fourth-order valence-corrected chi connectivity index (χ4v) is 2.20. The number of aryl methyl sites for hydroxylation is 1. The van der Waals surface area contributed by atoms with Crippen molar-refractivity contribution in [3.8, 4) is 23.1 Å². The Morgan fingerprint density at radius 1 is 1.26 bits per heavy atom. The summed E-state index contributed by atoms with van der Waals surface area (Å²) in [7, 11) is 0. The average molecular weight is 381 g/mol. The zero-order valence-electron chi connectivity index (χ0n) is 11.6. The molecule has 10 heteroatoms. The van der Waals surface area contributed by atoms with Crippen LogP contribution in [0.4, 0.5) is 0 Å². The van der Waals surface area contributed by atoms with E-state index < -0.39 is 23.2 Å². The Morgan fingerprint density at radius 2 is 1.91 bits per heavy atom. The van der Waals surface area contributed by atoms with Gasteiger partial charge < -0.3 is 20.1 Å². The maximum Gasteiger partial charge on any atom is 0.345 e. The Bertz CT molecular complexity index is 916. The molecule has 1 aromatic carbocycles. The second-order valence-electron chi connectivity index (χ2n) is 4.54. The first-order chi connectivity index (χ1) is 10.9. The van der Waals surface area contributed by atoms with Crippen molar-refractivity contribution in [2.45, 2.75) is 6.92 Å². The monoisotopic (exact) mass is 380 g/mol. The van der Waals surface area contributed by atoms with Crippen molar-refractivity contribution in [3.05, 3.63) is 34.2 Å². The third-order valence-corrected chi connectivity index (χ3v) is 3.90. The second kappa shape index (κ2) is 5.39. The van der Waals surface area contributed by atoms with Crippen molar-refractivity contribution < 1.29 is 24.9 Å². The standard InChI is InChI=1S/C13H9BrN4O5/c1-5-9(14)11(18-13(17-5)15-4-16-18)23-12(22)6-2-7(19)10(21)8(20)3-6/h2-4,19-21H,1H3. The second-order valence-corrected chi connectivity index (χ2v) is 5.33. The highest BCUT2D eigenvalue weighted by molar-refractivity contribution is 9.10. The van der Waals surface area contributed by atoms with Crippen LogP contribution >= 0.6 is 15.9 Å². The number of ether oxygens (including phenoxy) is 1. The summed E-state index contributed by atoms with van der Waals surface area (Å²) >= 11 is 3.26. The molecule has 0 aliphatic heterocycles. The molecule has 0 atom stereocenters. The topological polar surface area (TPSA) is 130 Å². The Morgan fingerprint density at radius 3 is 2.57 bits per heavy atom. The number of carbonyl (C=O) groups is 1. The molecule has 0 radical (unpaired) electrons. The molecule has 0 unspecified atom stereocenters. The number of phenolic OH excluding ortho intramolecular Hbond substituents is 3. The van der Waals surface area contributed by atoms with Crippen molar-refractivity contribution in [1.82, 2.24) is 19.6 Å². The lowest BCUT2D eigenvalue weighted by atomic mass is 10.2. The molecule has 118 valence electrons. The number of nitrogens with zero attached hydrogens (tertiary/aromatic N) is 4. The summed E-state index contributed by atoms with van der Waals surface area (Å²) in [5, 5.41) is 32.2. The summed E-state index contributed by atoms with van der Waals surface area (Å²) in [5.41, 5.74) is 0.372. The van der Waals surface area contributed by atoms with Crippen LogP contribution in [0, 0.1) is 6.92 Å². The van der Waals surface area contributed by atoms with E-state index in [2.05, 4.69) is 31.0 Å². The molecule has 0 saturated heterocycles. The zero-order chi connectivity index (χ0) is 16.7. The highest BCUT2D eigenvalue weighted by Crippen LogP contribution is 2.36. The van der Waals surface area contributed by atoms with Crippen molar-refractivity contribution in [2.75, 3.05) is 0 Å². The van der Waals surface area contributed by atoms with Gasteiger partial charge in [-0.25, -0.2) is 9.78 Å². The van der Waals surface area contributed by atoms with E-state index in [9.17, 15) is 20.1 Å². The van der Waals surface area contributed by atoms with Crippen LogP contribution < -0.4 is 4.74 Å². The first kappa shape index (κ1) is 15.0. The molecule has 9 nitrogen and oxygen atoms in total. The minimum absolute atomic E-state index is 0.0436. The number of fused-ring (bicyclic) bond motifs is 1. The normalized spacial score (nSPS) is 10.9. The molecule has 0 amide bonds. The van der Waals surface area contributed by atoms with Gasteiger partial charge in [0.2, 0.25) is 5.88 Å². The maximum absolute atomic E-state index is 12.2. The highest BCUT2D eigenvalue weighted by atomic mass is 79.9. The van der Waals surface area contributed by atoms with E-state index in [1.165, 1.54) is 10.8 Å². The van der Waals surface area contributed by atoms with Crippen LogP contribution in [0.3, 0.4) is 0 Å². The van der Waals surface area contributed by atoms with Crippen molar-refractivity contribution >= 4 is 27.7 Å². The van der Waals surface area contributed by atoms with E-state index in [0.717, 1.165) is 12.1 Å².